The third-order valence-corrected chi connectivity index (χ3v) is 8.28. The lowest BCUT2D eigenvalue weighted by atomic mass is 9.96. The zero-order valence-electron chi connectivity index (χ0n) is 17.2. The Morgan fingerprint density at radius 1 is 1.26 bits per heavy atom. The Morgan fingerprint density at radius 3 is 2.71 bits per heavy atom. The number of thioether (sulfide) groups is 2. The van der Waals surface area contributed by atoms with Crippen molar-refractivity contribution in [3.05, 3.63) is 35.4 Å². The average molecular weight is 462 g/mol. The van der Waals surface area contributed by atoms with Crippen LogP contribution in [0.2, 0.25) is 0 Å². The van der Waals surface area contributed by atoms with Gasteiger partial charge in [-0.15, -0.1) is 23.5 Å². The van der Waals surface area contributed by atoms with Gasteiger partial charge in [0.2, 0.25) is 5.91 Å². The lowest BCUT2D eigenvalue weighted by molar-refractivity contribution is -0.134. The summed E-state index contributed by atoms with van der Waals surface area (Å²) in [6.07, 6.45) is 4.96. The van der Waals surface area contributed by atoms with E-state index in [0.717, 1.165) is 19.3 Å². The average Bonchev–Trinajstić information content (AvgIpc) is 3.50. The third-order valence-electron chi connectivity index (χ3n) is 6.01. The fraction of sp³-hybridized carbons (Fsp3) is 0.524. The molecule has 0 bridgehead atoms. The third kappa shape index (κ3) is 5.24. The van der Waals surface area contributed by atoms with E-state index >= 15 is 0 Å². The molecule has 3 amide bonds. The largest absolute Gasteiger partial charge is 0.350 e. The van der Waals surface area contributed by atoms with Crippen LogP contribution in [0.4, 0.5) is 4.79 Å². The molecule has 2 saturated heterocycles. The van der Waals surface area contributed by atoms with Crippen LogP contribution in [-0.4, -0.2) is 63.7 Å². The minimum atomic E-state index is -0.746. The molecular formula is C21H27N5O3S2. The van der Waals surface area contributed by atoms with Crippen molar-refractivity contribution in [2.24, 2.45) is 16.8 Å². The van der Waals surface area contributed by atoms with Crippen LogP contribution in [-0.2, 0) is 22.4 Å². The second-order valence-electron chi connectivity index (χ2n) is 8.09. The van der Waals surface area contributed by atoms with Gasteiger partial charge < -0.3 is 10.6 Å². The van der Waals surface area contributed by atoms with E-state index in [1.807, 2.05) is 0 Å². The topological polar surface area (TPSA) is 117 Å². The van der Waals surface area contributed by atoms with E-state index in [1.165, 1.54) is 29.1 Å². The molecular weight excluding hydrogens is 434 g/mol. The second-order valence-corrected chi connectivity index (χ2v) is 10.2. The number of urea groups is 1. The van der Waals surface area contributed by atoms with Crippen molar-refractivity contribution in [2.45, 2.75) is 43.0 Å². The number of benzene rings is 1. The molecule has 166 valence electrons. The highest BCUT2D eigenvalue weighted by Gasteiger charge is 2.42. The monoisotopic (exact) mass is 461 g/mol. The SMILES string of the molecule is NC(=O)NN=C[C@@H]1CSCN1C(=O)[C@H]1NCSC1C(=O)CCC1Cc2ccccc2C1. The van der Waals surface area contributed by atoms with Crippen LogP contribution < -0.4 is 16.5 Å². The highest BCUT2D eigenvalue weighted by atomic mass is 32.2. The van der Waals surface area contributed by atoms with Crippen molar-refractivity contribution in [2.75, 3.05) is 17.5 Å². The van der Waals surface area contributed by atoms with Gasteiger partial charge in [-0.05, 0) is 36.3 Å². The summed E-state index contributed by atoms with van der Waals surface area (Å²) in [6.45, 7) is 0. The van der Waals surface area contributed by atoms with Gasteiger partial charge in [-0.1, -0.05) is 24.3 Å². The Hall–Kier alpha value is -2.04. The van der Waals surface area contributed by atoms with E-state index in [4.69, 9.17) is 5.73 Å². The zero-order chi connectivity index (χ0) is 21.8. The van der Waals surface area contributed by atoms with Crippen molar-refractivity contribution in [1.82, 2.24) is 15.6 Å². The summed E-state index contributed by atoms with van der Waals surface area (Å²) >= 11 is 3.13. The molecule has 1 aromatic rings. The van der Waals surface area contributed by atoms with Crippen LogP contribution >= 0.6 is 23.5 Å². The number of rotatable bonds is 7. The van der Waals surface area contributed by atoms with E-state index in [-0.39, 0.29) is 23.0 Å². The number of fused-ring (bicyclic) bond motifs is 1. The maximum absolute atomic E-state index is 13.2. The summed E-state index contributed by atoms with van der Waals surface area (Å²) in [5, 5.41) is 6.66. The lowest BCUT2D eigenvalue weighted by Crippen LogP contribution is -2.52. The normalized spacial score (nSPS) is 25.8. The van der Waals surface area contributed by atoms with Gasteiger partial charge in [0, 0.05) is 24.3 Å². The van der Waals surface area contributed by atoms with Gasteiger partial charge in [-0.3, -0.25) is 14.9 Å². The fourth-order valence-corrected chi connectivity index (χ4v) is 6.74. The Kier molecular flexibility index (Phi) is 7.19. The van der Waals surface area contributed by atoms with Gasteiger partial charge in [-0.2, -0.15) is 5.10 Å². The minimum absolute atomic E-state index is 0.0860. The number of nitrogens with zero attached hydrogens (tertiary/aromatic N) is 2. The Bertz CT molecular complexity index is 855. The molecule has 2 fully saturated rings. The van der Waals surface area contributed by atoms with Crippen molar-refractivity contribution in [3.8, 4) is 0 Å². The second kappa shape index (κ2) is 10.1. The first kappa shape index (κ1) is 22.2. The minimum Gasteiger partial charge on any atom is -0.350 e. The van der Waals surface area contributed by atoms with E-state index in [0.29, 0.717) is 29.8 Å². The van der Waals surface area contributed by atoms with Crippen molar-refractivity contribution < 1.29 is 14.4 Å². The number of carbonyl (C=O) groups is 3. The molecule has 2 heterocycles. The van der Waals surface area contributed by atoms with Gasteiger partial charge in [-0.25, -0.2) is 10.2 Å². The molecule has 8 nitrogen and oxygen atoms in total. The molecule has 0 radical (unpaired) electrons. The number of hydrogen-bond donors (Lipinski definition) is 3. The summed E-state index contributed by atoms with van der Waals surface area (Å²) in [5.74, 6) is 2.38. The zero-order valence-corrected chi connectivity index (χ0v) is 18.8. The predicted molar refractivity (Wildman–Crippen MR) is 124 cm³/mol. The first-order valence-electron chi connectivity index (χ1n) is 10.4. The molecule has 0 spiro atoms. The summed E-state index contributed by atoms with van der Waals surface area (Å²) in [5.41, 5.74) is 9.98. The van der Waals surface area contributed by atoms with E-state index < -0.39 is 12.1 Å². The molecule has 2 aliphatic heterocycles. The predicted octanol–water partition coefficient (Wildman–Crippen LogP) is 1.34. The summed E-state index contributed by atoms with van der Waals surface area (Å²) in [4.78, 5) is 38.7. The summed E-state index contributed by atoms with van der Waals surface area (Å²) < 4.78 is 0. The number of carbonyl (C=O) groups excluding carboxylic acids is 3. The number of hydrazone groups is 1. The number of hydrogen-bond acceptors (Lipinski definition) is 7. The first-order chi connectivity index (χ1) is 15.0. The lowest BCUT2D eigenvalue weighted by Gasteiger charge is -2.26. The Labute approximate surface area is 190 Å². The van der Waals surface area contributed by atoms with Crippen LogP contribution in [0.15, 0.2) is 29.4 Å². The van der Waals surface area contributed by atoms with Crippen LogP contribution in [0, 0.1) is 5.92 Å². The number of nitrogens with two attached hydrogens (primary N) is 1. The van der Waals surface area contributed by atoms with Crippen LogP contribution in [0.25, 0.3) is 0 Å². The first-order valence-corrected chi connectivity index (χ1v) is 12.6. The van der Waals surface area contributed by atoms with Crippen molar-refractivity contribution in [1.29, 1.82) is 0 Å². The van der Waals surface area contributed by atoms with Gasteiger partial charge in [0.25, 0.3) is 0 Å². The van der Waals surface area contributed by atoms with Crippen molar-refractivity contribution in [3.63, 3.8) is 0 Å². The molecule has 0 aromatic heterocycles. The smallest absolute Gasteiger partial charge is 0.332 e. The molecule has 0 saturated carbocycles. The Balaban J connectivity index is 1.32. The molecule has 1 aliphatic carbocycles. The number of amides is 3. The quantitative estimate of drug-likeness (QED) is 0.417. The molecule has 1 aromatic carbocycles. The number of primary amides is 1. The maximum atomic E-state index is 13.2. The van der Waals surface area contributed by atoms with Crippen molar-refractivity contribution >= 4 is 47.5 Å². The van der Waals surface area contributed by atoms with Gasteiger partial charge >= 0.3 is 6.03 Å². The van der Waals surface area contributed by atoms with E-state index in [1.54, 1.807) is 16.7 Å². The van der Waals surface area contributed by atoms with Crippen LogP contribution in [0.5, 0.6) is 0 Å². The van der Waals surface area contributed by atoms with Crippen LogP contribution in [0.1, 0.15) is 24.0 Å². The summed E-state index contributed by atoms with van der Waals surface area (Å²) in [7, 11) is 0. The summed E-state index contributed by atoms with van der Waals surface area (Å²) in [6, 6.07) is 7.00. The fourth-order valence-electron chi connectivity index (χ4n) is 4.44. The molecule has 4 N–H and O–H groups in total. The van der Waals surface area contributed by atoms with E-state index in [9.17, 15) is 14.4 Å². The highest BCUT2D eigenvalue weighted by molar-refractivity contribution is 8.01. The number of ketones is 1. The maximum Gasteiger partial charge on any atom is 0.332 e. The highest BCUT2D eigenvalue weighted by Crippen LogP contribution is 2.32. The van der Waals surface area contributed by atoms with Gasteiger partial charge in [0.15, 0.2) is 0 Å². The molecule has 1 unspecified atom stereocenters. The molecule has 10 heteroatoms. The number of Topliss-reactive ketones (excluding diaryl/α,β-unsaturated/α-hetero) is 1. The Morgan fingerprint density at radius 2 is 2.00 bits per heavy atom. The number of nitrogens with one attached hydrogen (secondary N) is 2. The van der Waals surface area contributed by atoms with Gasteiger partial charge in [0.1, 0.15) is 11.8 Å². The van der Waals surface area contributed by atoms with Crippen LogP contribution in [0.3, 0.4) is 0 Å². The molecule has 3 atom stereocenters. The molecule has 4 rings (SSSR count). The van der Waals surface area contributed by atoms with E-state index in [2.05, 4.69) is 40.1 Å². The van der Waals surface area contributed by atoms with Gasteiger partial charge in [0.05, 0.1) is 17.2 Å². The standard InChI is InChI=1S/C21H27N5O3S2/c22-21(29)25-24-9-16-10-30-12-26(16)20(28)18-19(31-11-23-18)17(27)6-5-13-7-14-3-1-2-4-15(14)8-13/h1-4,9,13,16,18-19,23H,5-8,10-12H2,(H3,22,25,29)/t16-,18+,19?/m1/s1. The molecule has 3 aliphatic rings. The molecule has 31 heavy (non-hydrogen) atoms.